The van der Waals surface area contributed by atoms with Crippen LogP contribution in [0.2, 0.25) is 0 Å². The van der Waals surface area contributed by atoms with Gasteiger partial charge in [-0.2, -0.15) is 0 Å². The second-order valence-corrected chi connectivity index (χ2v) is 8.70. The highest BCUT2D eigenvalue weighted by Crippen LogP contribution is 2.21. The van der Waals surface area contributed by atoms with E-state index in [-0.39, 0.29) is 11.8 Å². The van der Waals surface area contributed by atoms with E-state index in [1.807, 2.05) is 89.8 Å². The highest BCUT2D eigenvalue weighted by Gasteiger charge is 2.20. The third-order valence-corrected chi connectivity index (χ3v) is 6.36. The molecule has 0 radical (unpaired) electrons. The van der Waals surface area contributed by atoms with Gasteiger partial charge in [-0.3, -0.25) is 9.59 Å². The van der Waals surface area contributed by atoms with E-state index in [1.165, 1.54) is 0 Å². The fourth-order valence-electron chi connectivity index (χ4n) is 3.62. The average Bonchev–Trinajstić information content (AvgIpc) is 2.84. The highest BCUT2D eigenvalue weighted by atomic mass is 127. The van der Waals surface area contributed by atoms with Crippen LogP contribution in [0.1, 0.15) is 15.9 Å². The van der Waals surface area contributed by atoms with E-state index in [0.29, 0.717) is 18.7 Å². The number of halogens is 1. The van der Waals surface area contributed by atoms with Crippen LogP contribution in [0, 0.1) is 3.57 Å². The van der Waals surface area contributed by atoms with Crippen molar-refractivity contribution in [3.05, 3.63) is 99.6 Å². The zero-order chi connectivity index (χ0) is 22.3. The van der Waals surface area contributed by atoms with Crippen LogP contribution in [-0.4, -0.2) is 42.9 Å². The first-order valence-corrected chi connectivity index (χ1v) is 11.6. The molecule has 0 aliphatic carbocycles. The first kappa shape index (κ1) is 22.1. The lowest BCUT2D eigenvalue weighted by molar-refractivity contribution is -0.126. The molecule has 5 nitrogen and oxygen atoms in total. The number of carbonyl (C=O) groups excluding carboxylic acids is 2. The zero-order valence-electron chi connectivity index (χ0n) is 17.6. The second-order valence-electron chi connectivity index (χ2n) is 7.54. The van der Waals surface area contributed by atoms with Crippen LogP contribution in [0.4, 0.5) is 11.4 Å². The Kier molecular flexibility index (Phi) is 7.21. The summed E-state index contributed by atoms with van der Waals surface area (Å²) < 4.78 is 0.922. The Balaban J connectivity index is 1.30. The van der Waals surface area contributed by atoms with Gasteiger partial charge in [0.2, 0.25) is 5.91 Å². The van der Waals surface area contributed by atoms with Gasteiger partial charge in [-0.1, -0.05) is 42.5 Å². The number of benzene rings is 3. The van der Waals surface area contributed by atoms with Gasteiger partial charge in [0.15, 0.2) is 0 Å². The van der Waals surface area contributed by atoms with E-state index < -0.39 is 0 Å². The normalized spacial score (nSPS) is 13.9. The number of amides is 2. The lowest BCUT2D eigenvalue weighted by Gasteiger charge is -2.35. The van der Waals surface area contributed by atoms with Crippen molar-refractivity contribution in [2.45, 2.75) is 0 Å². The van der Waals surface area contributed by atoms with Crippen molar-refractivity contribution in [2.75, 3.05) is 36.4 Å². The number of nitrogens with one attached hydrogen (secondary N) is 1. The van der Waals surface area contributed by atoms with Gasteiger partial charge in [-0.15, -0.1) is 0 Å². The predicted octanol–water partition coefficient (Wildman–Crippen LogP) is 4.91. The largest absolute Gasteiger partial charge is 0.368 e. The highest BCUT2D eigenvalue weighted by molar-refractivity contribution is 14.1. The molecule has 0 unspecified atom stereocenters. The molecule has 1 aliphatic heterocycles. The number of hydrogen-bond acceptors (Lipinski definition) is 3. The minimum absolute atomic E-state index is 0.0436. The Morgan fingerprint density at radius 3 is 2.16 bits per heavy atom. The van der Waals surface area contributed by atoms with Crippen molar-refractivity contribution in [3.8, 4) is 0 Å². The maximum absolute atomic E-state index is 12.5. The zero-order valence-corrected chi connectivity index (χ0v) is 19.7. The number of piperazine rings is 1. The summed E-state index contributed by atoms with van der Waals surface area (Å²) in [6, 6.07) is 25.2. The van der Waals surface area contributed by atoms with Crippen molar-refractivity contribution in [3.63, 3.8) is 0 Å². The Morgan fingerprint density at radius 2 is 1.47 bits per heavy atom. The third-order valence-electron chi connectivity index (χ3n) is 5.42. The molecule has 1 aliphatic rings. The van der Waals surface area contributed by atoms with Gasteiger partial charge in [0.1, 0.15) is 0 Å². The van der Waals surface area contributed by atoms with Crippen molar-refractivity contribution in [2.24, 2.45) is 0 Å². The van der Waals surface area contributed by atoms with Crippen LogP contribution < -0.4 is 10.2 Å². The minimum atomic E-state index is -0.113. The predicted molar refractivity (Wildman–Crippen MR) is 138 cm³/mol. The Bertz CT molecular complexity index is 1110. The summed E-state index contributed by atoms with van der Waals surface area (Å²) in [7, 11) is 0. The van der Waals surface area contributed by atoms with Crippen molar-refractivity contribution < 1.29 is 9.59 Å². The van der Waals surface area contributed by atoms with E-state index >= 15 is 0 Å². The molecule has 0 atom stereocenters. The first-order valence-electron chi connectivity index (χ1n) is 10.5. The molecule has 1 N–H and O–H groups in total. The first-order chi connectivity index (χ1) is 15.6. The molecule has 0 saturated carbocycles. The fraction of sp³-hybridized carbons (Fsp3) is 0.154. The van der Waals surface area contributed by atoms with Crippen molar-refractivity contribution in [1.29, 1.82) is 0 Å². The topological polar surface area (TPSA) is 52.7 Å². The molecular weight excluding hydrogens is 513 g/mol. The standard InChI is InChI=1S/C26H24IN3O2/c27-24-9-5-4-8-23(24)26(32)28-21-11-13-22(14-12-21)29-16-18-30(19-17-29)25(31)15-10-20-6-2-1-3-7-20/h1-15H,16-19H2,(H,28,32)/b15-10+. The summed E-state index contributed by atoms with van der Waals surface area (Å²) in [6.45, 7) is 2.92. The van der Waals surface area contributed by atoms with Crippen LogP contribution >= 0.6 is 22.6 Å². The van der Waals surface area contributed by atoms with Gasteiger partial charge in [0.05, 0.1) is 5.56 Å². The lowest BCUT2D eigenvalue weighted by atomic mass is 10.2. The summed E-state index contributed by atoms with van der Waals surface area (Å²) in [5.41, 5.74) is 3.54. The fourth-order valence-corrected chi connectivity index (χ4v) is 4.25. The van der Waals surface area contributed by atoms with E-state index in [0.717, 1.165) is 33.6 Å². The van der Waals surface area contributed by atoms with Gasteiger partial charge >= 0.3 is 0 Å². The van der Waals surface area contributed by atoms with Crippen molar-refractivity contribution >= 4 is 51.9 Å². The Hall–Kier alpha value is -3.13. The summed E-state index contributed by atoms with van der Waals surface area (Å²) in [6.07, 6.45) is 3.51. The number of rotatable bonds is 5. The monoisotopic (exact) mass is 537 g/mol. The second kappa shape index (κ2) is 10.5. The Morgan fingerprint density at radius 1 is 0.812 bits per heavy atom. The lowest BCUT2D eigenvalue weighted by Crippen LogP contribution is -2.48. The van der Waals surface area contributed by atoms with Gasteiger partial charge in [0, 0.05) is 47.2 Å². The van der Waals surface area contributed by atoms with E-state index in [2.05, 4.69) is 32.8 Å². The van der Waals surface area contributed by atoms with Crippen LogP contribution in [0.3, 0.4) is 0 Å². The molecule has 1 heterocycles. The molecule has 3 aromatic carbocycles. The van der Waals surface area contributed by atoms with Crippen LogP contribution in [0.5, 0.6) is 0 Å². The Labute approximate surface area is 201 Å². The summed E-state index contributed by atoms with van der Waals surface area (Å²) in [5.74, 6) is -0.0689. The van der Waals surface area contributed by atoms with Crippen LogP contribution in [0.15, 0.2) is 84.9 Å². The van der Waals surface area contributed by atoms with Crippen LogP contribution in [-0.2, 0) is 4.79 Å². The number of carbonyl (C=O) groups is 2. The third kappa shape index (κ3) is 5.56. The van der Waals surface area contributed by atoms with E-state index in [4.69, 9.17) is 0 Å². The number of hydrogen-bond donors (Lipinski definition) is 1. The quantitative estimate of drug-likeness (QED) is 0.372. The molecule has 4 rings (SSSR count). The molecule has 3 aromatic rings. The molecule has 0 aromatic heterocycles. The van der Waals surface area contributed by atoms with Crippen molar-refractivity contribution in [1.82, 2.24) is 4.90 Å². The van der Waals surface area contributed by atoms with E-state index in [1.54, 1.807) is 6.08 Å². The van der Waals surface area contributed by atoms with Gasteiger partial charge in [-0.05, 0) is 70.6 Å². The van der Waals surface area contributed by atoms with E-state index in [9.17, 15) is 9.59 Å². The SMILES string of the molecule is O=C(Nc1ccc(N2CCN(C(=O)/C=C/c3ccccc3)CC2)cc1)c1ccccc1I. The molecule has 162 valence electrons. The molecule has 0 bridgehead atoms. The van der Waals surface area contributed by atoms with Gasteiger partial charge in [0.25, 0.3) is 5.91 Å². The summed E-state index contributed by atoms with van der Waals surface area (Å²) in [5, 5.41) is 2.96. The molecule has 0 spiro atoms. The maximum atomic E-state index is 12.5. The molecular formula is C26H24IN3O2. The molecule has 1 fully saturated rings. The summed E-state index contributed by atoms with van der Waals surface area (Å²) in [4.78, 5) is 29.1. The van der Waals surface area contributed by atoms with Gasteiger partial charge < -0.3 is 15.1 Å². The molecule has 32 heavy (non-hydrogen) atoms. The average molecular weight is 537 g/mol. The van der Waals surface area contributed by atoms with Gasteiger partial charge in [-0.25, -0.2) is 0 Å². The summed E-state index contributed by atoms with van der Waals surface area (Å²) >= 11 is 2.17. The number of nitrogens with zero attached hydrogens (tertiary/aromatic N) is 2. The molecule has 2 amide bonds. The van der Waals surface area contributed by atoms with Crippen LogP contribution in [0.25, 0.3) is 6.08 Å². The smallest absolute Gasteiger partial charge is 0.256 e. The molecule has 6 heteroatoms. The minimum Gasteiger partial charge on any atom is -0.368 e. The maximum Gasteiger partial charge on any atom is 0.256 e. The number of anilines is 2. The molecule has 1 saturated heterocycles.